The molecule has 2 aromatic carbocycles. The maximum atomic E-state index is 12.3. The van der Waals surface area contributed by atoms with E-state index in [1.54, 1.807) is 6.07 Å². The summed E-state index contributed by atoms with van der Waals surface area (Å²) in [6.07, 6.45) is 3.55. The lowest BCUT2D eigenvalue weighted by Crippen LogP contribution is -2.32. The predicted molar refractivity (Wildman–Crippen MR) is 128 cm³/mol. The van der Waals surface area contributed by atoms with Gasteiger partial charge in [-0.3, -0.25) is 9.69 Å². The molecule has 1 amide bonds. The number of rotatable bonds is 8. The molecule has 2 heterocycles. The summed E-state index contributed by atoms with van der Waals surface area (Å²) in [7, 11) is 0. The number of anilines is 1. The molecule has 31 heavy (non-hydrogen) atoms. The summed E-state index contributed by atoms with van der Waals surface area (Å²) in [4.78, 5) is 19.4. The second-order valence-corrected chi connectivity index (χ2v) is 9.65. The smallest absolute Gasteiger partial charge is 0.226 e. The van der Waals surface area contributed by atoms with E-state index in [0.29, 0.717) is 35.4 Å². The number of nitrogens with one attached hydrogen (secondary N) is 1. The molecule has 3 aromatic rings. The Morgan fingerprint density at radius 3 is 2.87 bits per heavy atom. The van der Waals surface area contributed by atoms with E-state index in [-0.39, 0.29) is 5.91 Å². The lowest BCUT2D eigenvalue weighted by molar-refractivity contribution is -0.116. The Morgan fingerprint density at radius 2 is 2.06 bits per heavy atom. The number of piperidine rings is 1. The van der Waals surface area contributed by atoms with Crippen molar-refractivity contribution in [3.8, 4) is 5.75 Å². The third-order valence-corrected chi connectivity index (χ3v) is 6.87. The first-order valence-electron chi connectivity index (χ1n) is 10.9. The third kappa shape index (κ3) is 6.19. The molecule has 1 N–H and O–H groups in total. The topological polar surface area (TPSA) is 54.5 Å². The van der Waals surface area contributed by atoms with Crippen molar-refractivity contribution in [2.75, 3.05) is 25.0 Å². The maximum Gasteiger partial charge on any atom is 0.226 e. The van der Waals surface area contributed by atoms with E-state index in [0.717, 1.165) is 22.7 Å². The molecular formula is C24H28ClN3O2S. The molecule has 0 atom stereocenters. The number of para-hydroxylation sites is 1. The van der Waals surface area contributed by atoms with E-state index in [1.165, 1.54) is 42.8 Å². The van der Waals surface area contributed by atoms with Crippen molar-refractivity contribution in [3.63, 3.8) is 0 Å². The van der Waals surface area contributed by atoms with Gasteiger partial charge in [-0.15, -0.1) is 0 Å². The Balaban J connectivity index is 1.26. The Labute approximate surface area is 192 Å². The number of carbonyl (C=O) groups is 1. The van der Waals surface area contributed by atoms with E-state index >= 15 is 0 Å². The van der Waals surface area contributed by atoms with Gasteiger partial charge in [0.1, 0.15) is 5.75 Å². The highest BCUT2D eigenvalue weighted by Gasteiger charge is 2.16. The summed E-state index contributed by atoms with van der Waals surface area (Å²) in [6, 6.07) is 13.8. The van der Waals surface area contributed by atoms with Crippen LogP contribution in [0.4, 0.5) is 5.13 Å². The highest BCUT2D eigenvalue weighted by Crippen LogP contribution is 2.28. The van der Waals surface area contributed by atoms with Crippen LogP contribution in [0.15, 0.2) is 42.5 Å². The van der Waals surface area contributed by atoms with Crippen LogP contribution in [0.1, 0.15) is 38.2 Å². The van der Waals surface area contributed by atoms with Crippen LogP contribution >= 0.6 is 22.9 Å². The fraction of sp³-hybridized carbons (Fsp3) is 0.417. The van der Waals surface area contributed by atoms with Crippen LogP contribution in [0, 0.1) is 5.92 Å². The van der Waals surface area contributed by atoms with Crippen LogP contribution in [0.5, 0.6) is 5.75 Å². The van der Waals surface area contributed by atoms with Crippen LogP contribution in [0.25, 0.3) is 10.2 Å². The van der Waals surface area contributed by atoms with E-state index < -0.39 is 0 Å². The van der Waals surface area contributed by atoms with Gasteiger partial charge in [-0.05, 0) is 68.1 Å². The largest absolute Gasteiger partial charge is 0.492 e. The molecule has 7 heteroatoms. The number of fused-ring (bicyclic) bond motifs is 1. The Bertz CT molecular complexity index is 1030. The molecule has 1 fully saturated rings. The van der Waals surface area contributed by atoms with Crippen LogP contribution < -0.4 is 10.1 Å². The molecule has 1 aromatic heterocycles. The minimum Gasteiger partial charge on any atom is -0.492 e. The molecule has 0 unspecified atom stereocenters. The SMILES string of the molecule is CC1CCN(Cc2ccc3nc(NC(=O)CCCOc4ccccc4Cl)sc3c2)CC1. The normalized spacial score (nSPS) is 15.3. The molecule has 0 bridgehead atoms. The van der Waals surface area contributed by atoms with Gasteiger partial charge in [0.2, 0.25) is 5.91 Å². The number of aromatic nitrogens is 1. The van der Waals surface area contributed by atoms with Gasteiger partial charge in [-0.25, -0.2) is 4.98 Å². The average molecular weight is 458 g/mol. The molecule has 4 rings (SSSR count). The fourth-order valence-electron chi connectivity index (χ4n) is 3.76. The summed E-state index contributed by atoms with van der Waals surface area (Å²) >= 11 is 7.60. The molecule has 1 aliphatic heterocycles. The number of ether oxygens (including phenoxy) is 1. The van der Waals surface area contributed by atoms with E-state index in [9.17, 15) is 4.79 Å². The molecular weight excluding hydrogens is 430 g/mol. The summed E-state index contributed by atoms with van der Waals surface area (Å²) < 4.78 is 6.75. The van der Waals surface area contributed by atoms with Crippen molar-refractivity contribution >= 4 is 44.2 Å². The second kappa shape index (κ2) is 10.4. The fourth-order valence-corrected chi connectivity index (χ4v) is 4.89. The van der Waals surface area contributed by atoms with Crippen molar-refractivity contribution in [2.45, 2.75) is 39.2 Å². The summed E-state index contributed by atoms with van der Waals surface area (Å²) in [5.74, 6) is 1.43. The van der Waals surface area contributed by atoms with Crippen LogP contribution in [-0.4, -0.2) is 35.5 Å². The number of nitrogens with zero attached hydrogens (tertiary/aromatic N) is 2. The minimum atomic E-state index is -0.0514. The Kier molecular flexibility index (Phi) is 7.43. The number of thiazole rings is 1. The molecule has 164 valence electrons. The molecule has 1 saturated heterocycles. The highest BCUT2D eigenvalue weighted by molar-refractivity contribution is 7.22. The monoisotopic (exact) mass is 457 g/mol. The molecule has 0 radical (unpaired) electrons. The zero-order chi connectivity index (χ0) is 21.6. The first kappa shape index (κ1) is 22.1. The van der Waals surface area contributed by atoms with E-state index in [1.807, 2.05) is 18.2 Å². The molecule has 0 saturated carbocycles. The lowest BCUT2D eigenvalue weighted by Gasteiger charge is -2.30. The van der Waals surface area contributed by atoms with Crippen molar-refractivity contribution in [2.24, 2.45) is 5.92 Å². The van der Waals surface area contributed by atoms with Gasteiger partial charge in [0, 0.05) is 13.0 Å². The summed E-state index contributed by atoms with van der Waals surface area (Å²) in [5.41, 5.74) is 2.23. The maximum absolute atomic E-state index is 12.3. The predicted octanol–water partition coefficient (Wildman–Crippen LogP) is 5.98. The first-order chi connectivity index (χ1) is 15.1. The van der Waals surface area contributed by atoms with Crippen LogP contribution in [0.2, 0.25) is 5.02 Å². The van der Waals surface area contributed by atoms with E-state index in [2.05, 4.69) is 40.3 Å². The van der Waals surface area contributed by atoms with Crippen molar-refractivity contribution in [3.05, 3.63) is 53.1 Å². The second-order valence-electron chi connectivity index (χ2n) is 8.21. The number of halogens is 1. The minimum absolute atomic E-state index is 0.0514. The first-order valence-corrected chi connectivity index (χ1v) is 12.1. The highest BCUT2D eigenvalue weighted by atomic mass is 35.5. The number of likely N-dealkylation sites (tertiary alicyclic amines) is 1. The van der Waals surface area contributed by atoms with Crippen molar-refractivity contribution < 1.29 is 9.53 Å². The van der Waals surface area contributed by atoms with Crippen LogP contribution in [-0.2, 0) is 11.3 Å². The number of hydrogen-bond acceptors (Lipinski definition) is 5. The van der Waals surface area contributed by atoms with E-state index in [4.69, 9.17) is 16.3 Å². The standard InChI is InChI=1S/C24H28ClN3O2S/c1-17-10-12-28(13-11-17)16-18-8-9-20-22(15-18)31-24(26-20)27-23(29)7-4-14-30-21-6-3-2-5-19(21)25/h2-3,5-6,8-9,15,17H,4,7,10-14,16H2,1H3,(H,26,27,29). The van der Waals surface area contributed by atoms with Gasteiger partial charge < -0.3 is 10.1 Å². The molecule has 1 aliphatic rings. The number of benzene rings is 2. The number of amides is 1. The summed E-state index contributed by atoms with van der Waals surface area (Å²) in [6.45, 7) is 6.10. The van der Waals surface area contributed by atoms with Gasteiger partial charge in [-0.1, -0.05) is 48.1 Å². The van der Waals surface area contributed by atoms with Gasteiger partial charge >= 0.3 is 0 Å². The van der Waals surface area contributed by atoms with Gasteiger partial charge in [0.05, 0.1) is 21.8 Å². The zero-order valence-electron chi connectivity index (χ0n) is 17.8. The quantitative estimate of drug-likeness (QED) is 0.423. The zero-order valence-corrected chi connectivity index (χ0v) is 19.3. The number of hydrogen-bond donors (Lipinski definition) is 1. The molecule has 5 nitrogen and oxygen atoms in total. The number of carbonyl (C=O) groups excluding carboxylic acids is 1. The van der Waals surface area contributed by atoms with Gasteiger partial charge in [-0.2, -0.15) is 0 Å². The van der Waals surface area contributed by atoms with Crippen molar-refractivity contribution in [1.29, 1.82) is 0 Å². The van der Waals surface area contributed by atoms with Crippen molar-refractivity contribution in [1.82, 2.24) is 9.88 Å². The summed E-state index contributed by atoms with van der Waals surface area (Å²) in [5, 5.41) is 4.15. The van der Waals surface area contributed by atoms with Gasteiger partial charge in [0.25, 0.3) is 0 Å². The third-order valence-electron chi connectivity index (χ3n) is 5.62. The Morgan fingerprint density at radius 1 is 1.26 bits per heavy atom. The van der Waals surface area contributed by atoms with Crippen LogP contribution in [0.3, 0.4) is 0 Å². The average Bonchev–Trinajstić information content (AvgIpc) is 3.15. The molecule has 0 spiro atoms. The van der Waals surface area contributed by atoms with Gasteiger partial charge in [0.15, 0.2) is 5.13 Å². The Hall–Kier alpha value is -2.15. The molecule has 0 aliphatic carbocycles. The lowest BCUT2D eigenvalue weighted by atomic mass is 9.99.